The van der Waals surface area contributed by atoms with Crippen LogP contribution in [0.25, 0.3) is 0 Å². The smallest absolute Gasteiger partial charge is 0.258 e. The summed E-state index contributed by atoms with van der Waals surface area (Å²) < 4.78 is 0. The molecule has 2 heterocycles. The van der Waals surface area contributed by atoms with E-state index in [1.54, 1.807) is 19.1 Å². The normalized spacial score (nSPS) is 17.1. The molecule has 0 saturated heterocycles. The minimum atomic E-state index is -0.404. The Morgan fingerprint density at radius 3 is 1.74 bits per heavy atom. The van der Waals surface area contributed by atoms with Gasteiger partial charge in [0.15, 0.2) is 0 Å². The number of carbonyl (C=O) groups is 4. The molecule has 6 heteroatoms. The van der Waals surface area contributed by atoms with Crippen molar-refractivity contribution in [3.8, 4) is 0 Å². The molecule has 6 nitrogen and oxygen atoms in total. The average Bonchev–Trinajstić information content (AvgIpc) is 3.01. The summed E-state index contributed by atoms with van der Waals surface area (Å²) in [5, 5.41) is 0. The predicted octanol–water partition coefficient (Wildman–Crippen LogP) is 1.42. The Labute approximate surface area is 132 Å². The number of imide groups is 2. The third kappa shape index (κ3) is 2.28. The summed E-state index contributed by atoms with van der Waals surface area (Å²) in [6, 6.07) is 3.31. The Hall–Kier alpha value is -3.02. The van der Waals surface area contributed by atoms with Crippen molar-refractivity contribution in [3.05, 3.63) is 47.6 Å². The maximum Gasteiger partial charge on any atom is 0.258 e. The Morgan fingerprint density at radius 1 is 0.783 bits per heavy atom. The Morgan fingerprint density at radius 2 is 1.26 bits per heavy atom. The van der Waals surface area contributed by atoms with Gasteiger partial charge in [-0.05, 0) is 36.6 Å². The van der Waals surface area contributed by atoms with Crippen molar-refractivity contribution in [1.82, 2.24) is 0 Å². The van der Waals surface area contributed by atoms with E-state index < -0.39 is 23.6 Å². The van der Waals surface area contributed by atoms with Gasteiger partial charge in [-0.3, -0.25) is 19.2 Å². The molecule has 1 aromatic carbocycles. The quantitative estimate of drug-likeness (QED) is 0.791. The predicted molar refractivity (Wildman–Crippen MR) is 83.8 cm³/mol. The van der Waals surface area contributed by atoms with Crippen LogP contribution in [0.1, 0.15) is 18.1 Å². The minimum absolute atomic E-state index is 0.393. The van der Waals surface area contributed by atoms with E-state index in [4.69, 9.17) is 0 Å². The third-order valence-electron chi connectivity index (χ3n) is 3.85. The lowest BCUT2D eigenvalue weighted by atomic mass is 10.0. The molecule has 116 valence electrons. The molecule has 2 aliphatic heterocycles. The molecule has 23 heavy (non-hydrogen) atoms. The van der Waals surface area contributed by atoms with Gasteiger partial charge in [0.1, 0.15) is 0 Å². The zero-order chi connectivity index (χ0) is 16.7. The first-order chi connectivity index (χ1) is 10.9. The molecule has 0 spiro atoms. The van der Waals surface area contributed by atoms with Gasteiger partial charge in [0, 0.05) is 24.3 Å². The van der Waals surface area contributed by atoms with Gasteiger partial charge in [0.05, 0.1) is 11.4 Å². The number of anilines is 2. The highest BCUT2D eigenvalue weighted by Crippen LogP contribution is 2.33. The fourth-order valence-corrected chi connectivity index (χ4v) is 2.83. The van der Waals surface area contributed by atoms with Crippen molar-refractivity contribution in [3.63, 3.8) is 0 Å². The molecule has 3 rings (SSSR count). The lowest BCUT2D eigenvalue weighted by Crippen LogP contribution is -2.32. The number of hydrogen-bond donors (Lipinski definition) is 0. The SMILES string of the molecule is CCc1cc(N2C(=O)C=CC2=O)cc(C)c1N1C(=O)C=CC1=O. The second-order valence-corrected chi connectivity index (χ2v) is 5.31. The molecule has 0 N–H and O–H groups in total. The lowest BCUT2D eigenvalue weighted by Gasteiger charge is -2.23. The summed E-state index contributed by atoms with van der Waals surface area (Å²) in [7, 11) is 0. The van der Waals surface area contributed by atoms with Crippen LogP contribution < -0.4 is 9.80 Å². The molecule has 1 aromatic rings. The zero-order valence-corrected chi connectivity index (χ0v) is 12.7. The summed E-state index contributed by atoms with van der Waals surface area (Å²) >= 11 is 0. The van der Waals surface area contributed by atoms with Crippen molar-refractivity contribution >= 4 is 35.0 Å². The van der Waals surface area contributed by atoms with Gasteiger partial charge in [-0.2, -0.15) is 0 Å². The molecule has 4 amide bonds. The van der Waals surface area contributed by atoms with Crippen LogP contribution in [0.3, 0.4) is 0 Å². The Bertz CT molecular complexity index is 784. The first-order valence-electron chi connectivity index (χ1n) is 7.19. The number of rotatable bonds is 3. The summed E-state index contributed by atoms with van der Waals surface area (Å²) in [4.78, 5) is 49.7. The molecule has 0 bridgehead atoms. The molecule has 0 aliphatic carbocycles. The molecular formula is C17H14N2O4. The van der Waals surface area contributed by atoms with Crippen LogP contribution in [0, 0.1) is 6.92 Å². The number of nitrogens with zero attached hydrogens (tertiary/aromatic N) is 2. The Kier molecular flexibility index (Phi) is 3.44. The largest absolute Gasteiger partial charge is 0.269 e. The van der Waals surface area contributed by atoms with Crippen LogP contribution in [0.5, 0.6) is 0 Å². The fraction of sp³-hybridized carbons (Fsp3) is 0.176. The Balaban J connectivity index is 2.11. The van der Waals surface area contributed by atoms with Crippen molar-refractivity contribution < 1.29 is 19.2 Å². The number of aryl methyl sites for hydroxylation is 2. The van der Waals surface area contributed by atoms with Crippen molar-refractivity contribution in [1.29, 1.82) is 0 Å². The number of carbonyl (C=O) groups excluding carboxylic acids is 4. The maximum absolute atomic E-state index is 11.9. The summed E-state index contributed by atoms with van der Waals surface area (Å²) in [5.41, 5.74) is 2.33. The van der Waals surface area contributed by atoms with E-state index in [1.807, 2.05) is 6.92 Å². The van der Waals surface area contributed by atoms with E-state index in [9.17, 15) is 19.2 Å². The van der Waals surface area contributed by atoms with Gasteiger partial charge < -0.3 is 0 Å². The third-order valence-corrected chi connectivity index (χ3v) is 3.85. The van der Waals surface area contributed by atoms with Crippen molar-refractivity contribution in [2.75, 3.05) is 9.80 Å². The van der Waals surface area contributed by atoms with E-state index in [-0.39, 0.29) is 0 Å². The van der Waals surface area contributed by atoms with E-state index in [2.05, 4.69) is 0 Å². The van der Waals surface area contributed by atoms with Crippen LogP contribution in [-0.2, 0) is 25.6 Å². The minimum Gasteiger partial charge on any atom is -0.269 e. The lowest BCUT2D eigenvalue weighted by molar-refractivity contribution is -0.121. The van der Waals surface area contributed by atoms with E-state index >= 15 is 0 Å². The highest BCUT2D eigenvalue weighted by molar-refractivity contribution is 6.30. The standard InChI is InChI=1S/C17H14N2O4/c1-3-11-9-12(18-13(20)4-5-14(18)21)8-10(2)17(11)19-15(22)6-7-16(19)23/h4-9H,3H2,1-2H3. The van der Waals surface area contributed by atoms with Gasteiger partial charge in [-0.15, -0.1) is 0 Å². The topological polar surface area (TPSA) is 74.8 Å². The maximum atomic E-state index is 11.9. The first kappa shape index (κ1) is 14.9. The van der Waals surface area contributed by atoms with E-state index in [0.29, 0.717) is 23.4 Å². The van der Waals surface area contributed by atoms with Gasteiger partial charge in [-0.1, -0.05) is 6.92 Å². The number of amides is 4. The summed E-state index contributed by atoms with van der Waals surface area (Å²) in [6.45, 7) is 3.63. The molecule has 0 radical (unpaired) electrons. The van der Waals surface area contributed by atoms with Gasteiger partial charge in [-0.25, -0.2) is 9.80 Å². The van der Waals surface area contributed by atoms with Crippen LogP contribution in [-0.4, -0.2) is 23.6 Å². The molecule has 0 atom stereocenters. The highest BCUT2D eigenvalue weighted by Gasteiger charge is 2.31. The summed E-state index contributed by atoms with van der Waals surface area (Å²) in [5.74, 6) is -1.59. The molecular weight excluding hydrogens is 296 g/mol. The van der Waals surface area contributed by atoms with Crippen LogP contribution in [0.4, 0.5) is 11.4 Å². The summed E-state index contributed by atoms with van der Waals surface area (Å²) in [6.07, 6.45) is 5.44. The molecule has 0 unspecified atom stereocenters. The van der Waals surface area contributed by atoms with Gasteiger partial charge in [0.25, 0.3) is 23.6 Å². The highest BCUT2D eigenvalue weighted by atomic mass is 16.2. The number of hydrogen-bond acceptors (Lipinski definition) is 4. The average molecular weight is 310 g/mol. The second-order valence-electron chi connectivity index (χ2n) is 5.31. The van der Waals surface area contributed by atoms with Crippen LogP contribution >= 0.6 is 0 Å². The van der Waals surface area contributed by atoms with Crippen molar-refractivity contribution in [2.45, 2.75) is 20.3 Å². The number of benzene rings is 1. The van der Waals surface area contributed by atoms with Crippen LogP contribution in [0.2, 0.25) is 0 Å². The van der Waals surface area contributed by atoms with E-state index in [0.717, 1.165) is 15.4 Å². The van der Waals surface area contributed by atoms with Gasteiger partial charge >= 0.3 is 0 Å². The van der Waals surface area contributed by atoms with E-state index in [1.165, 1.54) is 24.3 Å². The molecule has 0 aromatic heterocycles. The zero-order valence-electron chi connectivity index (χ0n) is 12.7. The monoisotopic (exact) mass is 310 g/mol. The van der Waals surface area contributed by atoms with Crippen LogP contribution in [0.15, 0.2) is 36.4 Å². The van der Waals surface area contributed by atoms with Gasteiger partial charge in [0.2, 0.25) is 0 Å². The first-order valence-corrected chi connectivity index (χ1v) is 7.19. The molecule has 2 aliphatic rings. The second kappa shape index (κ2) is 5.31. The van der Waals surface area contributed by atoms with Crippen molar-refractivity contribution in [2.24, 2.45) is 0 Å². The fourth-order valence-electron chi connectivity index (χ4n) is 2.83. The molecule has 0 saturated carbocycles. The molecule has 0 fully saturated rings.